The van der Waals surface area contributed by atoms with Crippen LogP contribution in [-0.4, -0.2) is 7.11 Å². The van der Waals surface area contributed by atoms with Crippen LogP contribution in [0.1, 0.15) is 23.5 Å². The van der Waals surface area contributed by atoms with Gasteiger partial charge >= 0.3 is 0 Å². The van der Waals surface area contributed by atoms with E-state index in [9.17, 15) is 0 Å². The smallest absolute Gasteiger partial charge is 0.0827 e. The fourth-order valence-electron chi connectivity index (χ4n) is 2.38. The molecule has 22 heavy (non-hydrogen) atoms. The molecule has 2 rings (SSSR count). The van der Waals surface area contributed by atoms with E-state index in [4.69, 9.17) is 16.2 Å². The van der Waals surface area contributed by atoms with Gasteiger partial charge in [0.1, 0.15) is 0 Å². The average Bonchev–Trinajstić information content (AvgIpc) is 2.52. The number of ether oxygens (including phenoxy) is 1. The molecular weight excluding hydrogens is 272 g/mol. The van der Waals surface area contributed by atoms with E-state index in [0.717, 1.165) is 23.4 Å². The van der Waals surface area contributed by atoms with Gasteiger partial charge in [-0.05, 0) is 47.9 Å². The molecule has 2 aromatic carbocycles. The van der Waals surface area contributed by atoms with E-state index in [2.05, 4.69) is 30.8 Å². The summed E-state index contributed by atoms with van der Waals surface area (Å²) in [6.45, 7) is 4.10. The predicted molar refractivity (Wildman–Crippen MR) is 93.5 cm³/mol. The summed E-state index contributed by atoms with van der Waals surface area (Å²) in [5.74, 6) is 0.204. The highest BCUT2D eigenvalue weighted by Crippen LogP contribution is 2.31. The zero-order valence-electron chi connectivity index (χ0n) is 12.8. The number of nitrogen functional groups attached to an aromatic ring is 2. The molecule has 0 amide bonds. The van der Waals surface area contributed by atoms with Gasteiger partial charge in [0.25, 0.3) is 0 Å². The molecule has 114 valence electrons. The third-order valence-electron chi connectivity index (χ3n) is 3.58. The van der Waals surface area contributed by atoms with Crippen LogP contribution >= 0.6 is 0 Å². The Morgan fingerprint density at radius 2 is 1.45 bits per heavy atom. The van der Waals surface area contributed by atoms with Crippen LogP contribution in [0.4, 0.5) is 11.4 Å². The van der Waals surface area contributed by atoms with Crippen molar-refractivity contribution in [2.75, 3.05) is 18.6 Å². The summed E-state index contributed by atoms with van der Waals surface area (Å²) in [6, 6.07) is 15.9. The molecule has 0 radical (unpaired) electrons. The highest BCUT2D eigenvalue weighted by Gasteiger charge is 2.15. The number of anilines is 2. The van der Waals surface area contributed by atoms with Crippen LogP contribution in [0.25, 0.3) is 0 Å². The number of hydrogen-bond acceptors (Lipinski definition) is 3. The first-order chi connectivity index (χ1) is 10.6. The zero-order chi connectivity index (χ0) is 15.9. The van der Waals surface area contributed by atoms with Crippen molar-refractivity contribution in [2.45, 2.75) is 12.3 Å². The minimum Gasteiger partial charge on any atom is -0.504 e. The Balaban J connectivity index is 2.31. The first-order valence-corrected chi connectivity index (χ1v) is 7.18. The minimum absolute atomic E-state index is 0.204. The van der Waals surface area contributed by atoms with E-state index in [1.807, 2.05) is 30.3 Å². The van der Waals surface area contributed by atoms with Gasteiger partial charge in [0.15, 0.2) is 0 Å². The van der Waals surface area contributed by atoms with Crippen molar-refractivity contribution >= 4 is 11.4 Å². The van der Waals surface area contributed by atoms with Crippen molar-refractivity contribution in [1.82, 2.24) is 0 Å². The van der Waals surface area contributed by atoms with E-state index >= 15 is 0 Å². The molecule has 0 aliphatic carbocycles. The summed E-state index contributed by atoms with van der Waals surface area (Å²) >= 11 is 0. The Bertz CT molecular complexity index is 597. The van der Waals surface area contributed by atoms with Gasteiger partial charge in [-0.25, -0.2) is 0 Å². The van der Waals surface area contributed by atoms with Crippen LogP contribution in [-0.2, 0) is 4.74 Å². The number of allylic oxidation sites excluding steroid dienone is 2. The molecule has 0 heterocycles. The summed E-state index contributed by atoms with van der Waals surface area (Å²) in [5, 5.41) is 0. The summed E-state index contributed by atoms with van der Waals surface area (Å²) in [6.07, 6.45) is 4.33. The quantitative estimate of drug-likeness (QED) is 0.479. The van der Waals surface area contributed by atoms with Crippen molar-refractivity contribution in [3.05, 3.63) is 84.1 Å². The second-order valence-electron chi connectivity index (χ2n) is 5.29. The second-order valence-corrected chi connectivity index (χ2v) is 5.29. The third kappa shape index (κ3) is 4.16. The Kier molecular flexibility index (Phi) is 5.26. The molecule has 0 aromatic heterocycles. The molecule has 0 saturated carbocycles. The first-order valence-electron chi connectivity index (χ1n) is 7.18. The molecule has 3 nitrogen and oxygen atoms in total. The van der Waals surface area contributed by atoms with E-state index in [-0.39, 0.29) is 5.92 Å². The molecule has 0 bridgehead atoms. The normalized spacial score (nSPS) is 11.0. The van der Waals surface area contributed by atoms with Crippen LogP contribution in [0.3, 0.4) is 0 Å². The number of nitrogens with two attached hydrogens (primary N) is 2. The van der Waals surface area contributed by atoms with Crippen LogP contribution < -0.4 is 11.5 Å². The van der Waals surface area contributed by atoms with Crippen LogP contribution in [0.5, 0.6) is 0 Å². The van der Waals surface area contributed by atoms with Gasteiger partial charge in [0, 0.05) is 17.3 Å². The van der Waals surface area contributed by atoms with Crippen LogP contribution in [0.15, 0.2) is 73.0 Å². The standard InChI is InChI=1S/C19H22N2O/c1-14(11-12-22-2)13-19(15-3-7-17(20)8-4-15)16-5-9-18(21)10-6-16/h3-12,19H,1,13,20-21H2,2H3/b12-11-. The number of methoxy groups -OCH3 is 1. The Morgan fingerprint density at radius 1 is 1.00 bits per heavy atom. The van der Waals surface area contributed by atoms with Crippen molar-refractivity contribution in [3.8, 4) is 0 Å². The lowest BCUT2D eigenvalue weighted by Gasteiger charge is -2.19. The molecule has 0 aliphatic rings. The van der Waals surface area contributed by atoms with E-state index in [1.54, 1.807) is 13.4 Å². The van der Waals surface area contributed by atoms with Gasteiger partial charge in [0.2, 0.25) is 0 Å². The maximum absolute atomic E-state index is 5.79. The van der Waals surface area contributed by atoms with Crippen molar-refractivity contribution in [3.63, 3.8) is 0 Å². The van der Waals surface area contributed by atoms with Crippen molar-refractivity contribution in [1.29, 1.82) is 0 Å². The summed E-state index contributed by atoms with van der Waals surface area (Å²) < 4.78 is 4.96. The molecule has 2 aromatic rings. The Labute approximate surface area is 131 Å². The van der Waals surface area contributed by atoms with Gasteiger partial charge in [-0.1, -0.05) is 36.4 Å². The van der Waals surface area contributed by atoms with Gasteiger partial charge in [-0.15, -0.1) is 0 Å². The highest BCUT2D eigenvalue weighted by molar-refractivity contribution is 5.46. The largest absolute Gasteiger partial charge is 0.504 e. The second kappa shape index (κ2) is 7.36. The maximum atomic E-state index is 5.79. The maximum Gasteiger partial charge on any atom is 0.0827 e. The van der Waals surface area contributed by atoms with E-state index in [0.29, 0.717) is 0 Å². The molecule has 0 atom stereocenters. The predicted octanol–water partition coefficient (Wildman–Crippen LogP) is 4.09. The molecule has 0 unspecified atom stereocenters. The molecule has 0 saturated heterocycles. The van der Waals surface area contributed by atoms with Gasteiger partial charge < -0.3 is 16.2 Å². The zero-order valence-corrected chi connectivity index (χ0v) is 12.8. The first kappa shape index (κ1) is 15.7. The molecule has 3 heteroatoms. The highest BCUT2D eigenvalue weighted by atomic mass is 16.5. The number of benzene rings is 2. The fourth-order valence-corrected chi connectivity index (χ4v) is 2.38. The van der Waals surface area contributed by atoms with Crippen molar-refractivity contribution < 1.29 is 4.74 Å². The Hall–Kier alpha value is -2.68. The topological polar surface area (TPSA) is 61.3 Å². The molecule has 0 spiro atoms. The summed E-state index contributed by atoms with van der Waals surface area (Å²) in [5.41, 5.74) is 16.5. The monoisotopic (exact) mass is 294 g/mol. The summed E-state index contributed by atoms with van der Waals surface area (Å²) in [4.78, 5) is 0. The third-order valence-corrected chi connectivity index (χ3v) is 3.58. The molecule has 0 aliphatic heterocycles. The van der Waals surface area contributed by atoms with Crippen molar-refractivity contribution in [2.24, 2.45) is 0 Å². The lowest BCUT2D eigenvalue weighted by Crippen LogP contribution is -2.03. The summed E-state index contributed by atoms with van der Waals surface area (Å²) in [7, 11) is 1.63. The number of hydrogen-bond donors (Lipinski definition) is 2. The van der Waals surface area contributed by atoms with Gasteiger partial charge in [0.05, 0.1) is 13.4 Å². The lowest BCUT2D eigenvalue weighted by atomic mass is 9.86. The van der Waals surface area contributed by atoms with E-state index < -0.39 is 0 Å². The van der Waals surface area contributed by atoms with Crippen LogP contribution in [0, 0.1) is 0 Å². The van der Waals surface area contributed by atoms with Crippen LogP contribution in [0.2, 0.25) is 0 Å². The molecule has 0 fully saturated rings. The lowest BCUT2D eigenvalue weighted by molar-refractivity contribution is 0.337. The molecule has 4 N–H and O–H groups in total. The SMILES string of the molecule is C=C(/C=C\OC)CC(c1ccc(N)cc1)c1ccc(N)cc1. The minimum atomic E-state index is 0.204. The molecular formula is C19H22N2O. The number of rotatable bonds is 6. The van der Waals surface area contributed by atoms with Gasteiger partial charge in [-0.2, -0.15) is 0 Å². The van der Waals surface area contributed by atoms with Gasteiger partial charge in [-0.3, -0.25) is 0 Å². The fraction of sp³-hybridized carbons (Fsp3) is 0.158. The average molecular weight is 294 g/mol. The van der Waals surface area contributed by atoms with E-state index in [1.165, 1.54) is 11.1 Å². The Morgan fingerprint density at radius 3 is 1.86 bits per heavy atom.